The van der Waals surface area contributed by atoms with Gasteiger partial charge in [-0.15, -0.1) is 21.5 Å². The Morgan fingerprint density at radius 2 is 2.12 bits per heavy atom. The number of fused-ring (bicyclic) bond motifs is 1. The number of nitrogens with one attached hydrogen (secondary N) is 2. The van der Waals surface area contributed by atoms with E-state index >= 15 is 0 Å². The number of hydrogen-bond donors (Lipinski definition) is 3. The Labute approximate surface area is 164 Å². The number of carbonyl (C=O) groups excluding carboxylic acids is 2. The summed E-state index contributed by atoms with van der Waals surface area (Å²) >= 11 is 4.25. The lowest BCUT2D eigenvalue weighted by Crippen LogP contribution is -2.24. The van der Waals surface area contributed by atoms with Crippen LogP contribution in [0.25, 0.3) is 0 Å². The minimum Gasteiger partial charge on any atom is -0.365 e. The van der Waals surface area contributed by atoms with E-state index in [4.69, 9.17) is 5.73 Å². The molecule has 3 rings (SSSR count). The third-order valence-electron chi connectivity index (χ3n) is 3.98. The average Bonchev–Trinajstić information content (AvgIpc) is 3.28. The second-order valence-electron chi connectivity index (χ2n) is 5.97. The van der Waals surface area contributed by atoms with Crippen molar-refractivity contribution >= 4 is 56.4 Å². The van der Waals surface area contributed by atoms with Crippen LogP contribution in [0.3, 0.4) is 0 Å². The Balaban J connectivity index is 1.65. The number of anilines is 2. The minimum absolute atomic E-state index is 0.171. The molecule has 2 amide bonds. The van der Waals surface area contributed by atoms with Gasteiger partial charge in [0.25, 0.3) is 5.91 Å². The van der Waals surface area contributed by atoms with Crippen LogP contribution >= 0.6 is 34.4 Å². The molecule has 2 aromatic heterocycles. The van der Waals surface area contributed by atoms with Gasteiger partial charge in [-0.05, 0) is 38.2 Å². The number of carbonyl (C=O) groups is 2. The number of nitrogens with two attached hydrogens (primary N) is 1. The molecule has 0 fully saturated rings. The van der Waals surface area contributed by atoms with Gasteiger partial charge in [-0.1, -0.05) is 30.0 Å². The summed E-state index contributed by atoms with van der Waals surface area (Å²) in [7, 11) is 0. The van der Waals surface area contributed by atoms with Crippen molar-refractivity contribution in [2.75, 3.05) is 17.2 Å². The Bertz CT molecular complexity index is 817. The highest BCUT2D eigenvalue weighted by atomic mass is 32.2. The van der Waals surface area contributed by atoms with Gasteiger partial charge in [0.2, 0.25) is 11.0 Å². The highest BCUT2D eigenvalue weighted by Gasteiger charge is 2.27. The van der Waals surface area contributed by atoms with Crippen molar-refractivity contribution in [3.05, 3.63) is 16.0 Å². The van der Waals surface area contributed by atoms with E-state index in [-0.39, 0.29) is 11.2 Å². The second kappa shape index (κ2) is 8.36. The maximum Gasteiger partial charge on any atom is 0.251 e. The summed E-state index contributed by atoms with van der Waals surface area (Å²) in [6.07, 6.45) is 3.84. The number of nitrogens with zero attached hydrogens (tertiary/aromatic N) is 2. The zero-order chi connectivity index (χ0) is 18.7. The molecular formula is C16H21N5O2S3. The number of rotatable bonds is 8. The topological polar surface area (TPSA) is 110 Å². The van der Waals surface area contributed by atoms with Crippen molar-refractivity contribution in [3.63, 3.8) is 0 Å². The number of primary amides is 1. The molecule has 0 radical (unpaired) electrons. The molecule has 0 aromatic carbocycles. The number of thiophene rings is 1. The van der Waals surface area contributed by atoms with Crippen LogP contribution in [0.15, 0.2) is 4.34 Å². The molecule has 10 heteroatoms. The number of thioether (sulfide) groups is 1. The zero-order valence-corrected chi connectivity index (χ0v) is 17.1. The Hall–Kier alpha value is -1.65. The van der Waals surface area contributed by atoms with Crippen LogP contribution in [0.1, 0.15) is 47.5 Å². The SMILES string of the molecule is CCCNc1nnc(S[C@@H](C)C(=O)Nc2sc3c(c2C(N)=O)CCC3)s1. The molecule has 4 N–H and O–H groups in total. The van der Waals surface area contributed by atoms with E-state index in [9.17, 15) is 9.59 Å². The first-order chi connectivity index (χ1) is 12.5. The first-order valence-electron chi connectivity index (χ1n) is 8.48. The van der Waals surface area contributed by atoms with Gasteiger partial charge in [0.15, 0.2) is 4.34 Å². The van der Waals surface area contributed by atoms with E-state index in [1.165, 1.54) is 34.4 Å². The summed E-state index contributed by atoms with van der Waals surface area (Å²) in [6, 6.07) is 0. The molecule has 0 bridgehead atoms. The molecule has 0 spiro atoms. The fraction of sp³-hybridized carbons (Fsp3) is 0.500. The van der Waals surface area contributed by atoms with Gasteiger partial charge in [-0.2, -0.15) is 0 Å². The van der Waals surface area contributed by atoms with E-state index in [2.05, 4.69) is 27.8 Å². The van der Waals surface area contributed by atoms with Crippen LogP contribution in [0, 0.1) is 0 Å². The van der Waals surface area contributed by atoms with E-state index in [1.54, 1.807) is 0 Å². The number of aryl methyl sites for hydroxylation is 1. The Morgan fingerprint density at radius 3 is 2.85 bits per heavy atom. The van der Waals surface area contributed by atoms with Gasteiger partial charge < -0.3 is 16.4 Å². The lowest BCUT2D eigenvalue weighted by molar-refractivity contribution is -0.115. The molecule has 0 aliphatic heterocycles. The first kappa shape index (κ1) is 19.1. The molecule has 1 aliphatic rings. The number of aromatic nitrogens is 2. The van der Waals surface area contributed by atoms with Gasteiger partial charge >= 0.3 is 0 Å². The quantitative estimate of drug-likeness (QED) is 0.576. The Morgan fingerprint density at radius 1 is 1.31 bits per heavy atom. The smallest absolute Gasteiger partial charge is 0.251 e. The van der Waals surface area contributed by atoms with Crippen LogP contribution in [0.2, 0.25) is 0 Å². The van der Waals surface area contributed by atoms with E-state index < -0.39 is 5.91 Å². The molecule has 2 aromatic rings. The molecule has 26 heavy (non-hydrogen) atoms. The van der Waals surface area contributed by atoms with Crippen molar-refractivity contribution in [2.24, 2.45) is 5.73 Å². The van der Waals surface area contributed by atoms with Crippen LogP contribution in [0.4, 0.5) is 10.1 Å². The van der Waals surface area contributed by atoms with Crippen LogP contribution < -0.4 is 16.4 Å². The number of amides is 2. The zero-order valence-electron chi connectivity index (χ0n) is 14.6. The molecular weight excluding hydrogens is 390 g/mol. The molecule has 0 saturated carbocycles. The monoisotopic (exact) mass is 411 g/mol. The van der Waals surface area contributed by atoms with E-state index in [0.29, 0.717) is 10.6 Å². The molecule has 0 saturated heterocycles. The minimum atomic E-state index is -0.476. The third-order valence-corrected chi connectivity index (χ3v) is 7.26. The summed E-state index contributed by atoms with van der Waals surface area (Å²) < 4.78 is 0.732. The summed E-state index contributed by atoms with van der Waals surface area (Å²) in [5, 5.41) is 15.2. The second-order valence-corrected chi connectivity index (χ2v) is 9.65. The van der Waals surface area contributed by atoms with Gasteiger partial charge in [0.05, 0.1) is 10.8 Å². The molecule has 2 heterocycles. The van der Waals surface area contributed by atoms with Gasteiger partial charge in [-0.25, -0.2) is 0 Å². The number of hydrogen-bond acceptors (Lipinski definition) is 8. The highest BCUT2D eigenvalue weighted by molar-refractivity contribution is 8.02. The lowest BCUT2D eigenvalue weighted by atomic mass is 10.1. The molecule has 1 atom stereocenters. The van der Waals surface area contributed by atoms with Gasteiger partial charge in [0.1, 0.15) is 5.00 Å². The summed E-state index contributed by atoms with van der Waals surface area (Å²) in [5.41, 5.74) is 7.03. The summed E-state index contributed by atoms with van der Waals surface area (Å²) in [4.78, 5) is 25.5. The lowest BCUT2D eigenvalue weighted by Gasteiger charge is -2.10. The van der Waals surface area contributed by atoms with Crippen LogP contribution in [0.5, 0.6) is 0 Å². The Kier molecular flexibility index (Phi) is 6.15. The predicted octanol–water partition coefficient (Wildman–Crippen LogP) is 3.13. The van der Waals surface area contributed by atoms with Crippen molar-refractivity contribution in [1.29, 1.82) is 0 Å². The van der Waals surface area contributed by atoms with Crippen molar-refractivity contribution in [2.45, 2.75) is 49.1 Å². The normalized spacial score (nSPS) is 14.1. The standard InChI is InChI=1S/C16H21N5O2S3/c1-3-7-18-15-20-21-16(26-15)24-8(2)13(23)19-14-11(12(17)22)9-5-4-6-10(9)25-14/h8H,3-7H2,1-2H3,(H2,17,22)(H,18,20)(H,19,23)/t8-/m0/s1. The molecule has 7 nitrogen and oxygen atoms in total. The van der Waals surface area contributed by atoms with Crippen LogP contribution in [-0.4, -0.2) is 33.8 Å². The van der Waals surface area contributed by atoms with Gasteiger partial charge in [0, 0.05) is 11.4 Å². The molecule has 0 unspecified atom stereocenters. The van der Waals surface area contributed by atoms with Gasteiger partial charge in [-0.3, -0.25) is 9.59 Å². The highest BCUT2D eigenvalue weighted by Crippen LogP contribution is 2.39. The summed E-state index contributed by atoms with van der Waals surface area (Å²) in [6.45, 7) is 4.73. The summed E-state index contributed by atoms with van der Waals surface area (Å²) in [5.74, 6) is -0.647. The van der Waals surface area contributed by atoms with E-state index in [0.717, 1.165) is 52.1 Å². The van der Waals surface area contributed by atoms with Crippen molar-refractivity contribution in [3.8, 4) is 0 Å². The predicted molar refractivity (Wildman–Crippen MR) is 108 cm³/mol. The first-order valence-corrected chi connectivity index (χ1v) is 11.0. The van der Waals surface area contributed by atoms with E-state index in [1.807, 2.05) is 6.92 Å². The molecule has 140 valence electrons. The van der Waals surface area contributed by atoms with Crippen molar-refractivity contribution in [1.82, 2.24) is 10.2 Å². The van der Waals surface area contributed by atoms with Crippen LogP contribution in [-0.2, 0) is 17.6 Å². The maximum atomic E-state index is 12.6. The third kappa shape index (κ3) is 4.18. The average molecular weight is 412 g/mol. The maximum absolute atomic E-state index is 12.6. The largest absolute Gasteiger partial charge is 0.365 e. The fourth-order valence-electron chi connectivity index (χ4n) is 2.73. The van der Waals surface area contributed by atoms with Crippen molar-refractivity contribution < 1.29 is 9.59 Å². The molecule has 1 aliphatic carbocycles. The fourth-order valence-corrected chi connectivity index (χ4v) is 5.95.